The summed E-state index contributed by atoms with van der Waals surface area (Å²) in [5.41, 5.74) is 3.34. The van der Waals surface area contributed by atoms with Crippen LogP contribution < -0.4 is 25.1 Å². The van der Waals surface area contributed by atoms with Crippen LogP contribution in [0.5, 0.6) is 17.2 Å². The molecule has 1 N–H and O–H groups in total. The molecule has 0 radical (unpaired) electrons. The molecule has 9 heteroatoms. The van der Waals surface area contributed by atoms with Crippen molar-refractivity contribution in [3.8, 4) is 17.2 Å². The van der Waals surface area contributed by atoms with E-state index in [4.69, 9.17) is 19.2 Å². The molecule has 0 fully saturated rings. The molecule has 0 saturated carbocycles. The topological polar surface area (TPSA) is 91.7 Å². The maximum atomic E-state index is 13.8. The number of ether oxygens (including phenoxy) is 3. The molecule has 8 nitrogen and oxygen atoms in total. The first kappa shape index (κ1) is 28.0. The maximum Gasteiger partial charge on any atom is 0.262 e. The van der Waals surface area contributed by atoms with E-state index in [1.807, 2.05) is 62.4 Å². The molecule has 39 heavy (non-hydrogen) atoms. The smallest absolute Gasteiger partial charge is 0.262 e. The predicted octanol–water partition coefficient (Wildman–Crippen LogP) is 4.97. The lowest BCUT2D eigenvalue weighted by atomic mass is 10.1. The van der Waals surface area contributed by atoms with Gasteiger partial charge in [0, 0.05) is 12.6 Å². The van der Waals surface area contributed by atoms with Crippen molar-refractivity contribution in [3.63, 3.8) is 0 Å². The lowest BCUT2D eigenvalue weighted by Gasteiger charge is -2.19. The van der Waals surface area contributed by atoms with Gasteiger partial charge in [0.1, 0.15) is 5.75 Å². The van der Waals surface area contributed by atoms with Gasteiger partial charge in [-0.2, -0.15) is 0 Å². The number of nitrogens with one attached hydrogen (secondary N) is 1. The Morgan fingerprint density at radius 1 is 0.949 bits per heavy atom. The molecule has 1 aromatic heterocycles. The second kappa shape index (κ2) is 12.7. The van der Waals surface area contributed by atoms with Gasteiger partial charge in [0.25, 0.3) is 5.56 Å². The van der Waals surface area contributed by atoms with Crippen molar-refractivity contribution in [3.05, 3.63) is 87.7 Å². The van der Waals surface area contributed by atoms with Crippen molar-refractivity contribution in [2.24, 2.45) is 0 Å². The van der Waals surface area contributed by atoms with Crippen molar-refractivity contribution in [2.75, 3.05) is 21.3 Å². The van der Waals surface area contributed by atoms with Gasteiger partial charge in [-0.3, -0.25) is 14.2 Å². The summed E-state index contributed by atoms with van der Waals surface area (Å²) in [4.78, 5) is 31.8. The van der Waals surface area contributed by atoms with Crippen LogP contribution in [0.25, 0.3) is 10.9 Å². The molecule has 3 aromatic carbocycles. The average Bonchev–Trinajstić information content (AvgIpc) is 2.96. The first-order chi connectivity index (χ1) is 18.9. The highest BCUT2D eigenvalue weighted by molar-refractivity contribution is 8.00. The summed E-state index contributed by atoms with van der Waals surface area (Å²) in [6, 6.07) is 18.9. The molecule has 0 aliphatic carbocycles. The zero-order valence-electron chi connectivity index (χ0n) is 22.8. The highest BCUT2D eigenvalue weighted by Crippen LogP contribution is 2.32. The fourth-order valence-corrected chi connectivity index (χ4v) is 5.17. The Hall–Kier alpha value is -3.98. The molecular formula is C30H33N3O5S. The average molecular weight is 548 g/mol. The van der Waals surface area contributed by atoms with E-state index in [1.165, 1.54) is 31.5 Å². The Balaban J connectivity index is 1.70. The Kier molecular flexibility index (Phi) is 9.14. The third-order valence-electron chi connectivity index (χ3n) is 6.42. The first-order valence-electron chi connectivity index (χ1n) is 12.7. The highest BCUT2D eigenvalue weighted by atomic mass is 32.2. The van der Waals surface area contributed by atoms with Crippen molar-refractivity contribution in [1.82, 2.24) is 14.9 Å². The van der Waals surface area contributed by atoms with E-state index in [-0.39, 0.29) is 18.0 Å². The highest BCUT2D eigenvalue weighted by Gasteiger charge is 2.23. The van der Waals surface area contributed by atoms with Gasteiger partial charge < -0.3 is 19.5 Å². The van der Waals surface area contributed by atoms with Crippen LogP contribution in [-0.4, -0.2) is 42.0 Å². The number of amides is 1. The predicted molar refractivity (Wildman–Crippen MR) is 154 cm³/mol. The van der Waals surface area contributed by atoms with Gasteiger partial charge in [-0.05, 0) is 42.7 Å². The summed E-state index contributed by atoms with van der Waals surface area (Å²) in [6.07, 6.45) is 0.562. The quantitative estimate of drug-likeness (QED) is 0.209. The van der Waals surface area contributed by atoms with Gasteiger partial charge in [-0.1, -0.05) is 60.6 Å². The molecule has 0 aliphatic heterocycles. The number of carbonyl (C=O) groups is 1. The van der Waals surface area contributed by atoms with Crippen LogP contribution in [0.4, 0.5) is 0 Å². The normalized spacial score (nSPS) is 11.7. The molecule has 1 amide bonds. The van der Waals surface area contributed by atoms with E-state index in [0.29, 0.717) is 40.5 Å². The number of aryl methyl sites for hydroxylation is 1. The van der Waals surface area contributed by atoms with E-state index in [0.717, 1.165) is 16.9 Å². The van der Waals surface area contributed by atoms with Gasteiger partial charge in [0.2, 0.25) is 5.91 Å². The van der Waals surface area contributed by atoms with Crippen LogP contribution in [0.15, 0.2) is 70.6 Å². The molecule has 4 rings (SSSR count). The van der Waals surface area contributed by atoms with Crippen LogP contribution in [0.2, 0.25) is 0 Å². The van der Waals surface area contributed by atoms with Gasteiger partial charge in [-0.25, -0.2) is 4.98 Å². The fourth-order valence-electron chi connectivity index (χ4n) is 4.13. The van der Waals surface area contributed by atoms with Crippen molar-refractivity contribution in [2.45, 2.75) is 43.8 Å². The lowest BCUT2D eigenvalue weighted by Crippen LogP contribution is -2.33. The SMILES string of the molecule is CC[C@H](Sc1nc2cc(OC)c(OC)cc2c(=O)n1Cc1ccc(OC)cc1)C(=O)NCc1ccc(C)cc1. The van der Waals surface area contributed by atoms with Gasteiger partial charge in [0.05, 0.1) is 44.0 Å². The van der Waals surface area contributed by atoms with E-state index in [2.05, 4.69) is 5.32 Å². The van der Waals surface area contributed by atoms with E-state index >= 15 is 0 Å². The molecule has 0 unspecified atom stereocenters. The Labute approximate surface area is 232 Å². The van der Waals surface area contributed by atoms with Gasteiger partial charge in [-0.15, -0.1) is 0 Å². The van der Waals surface area contributed by atoms with Crippen LogP contribution in [0.3, 0.4) is 0 Å². The van der Waals surface area contributed by atoms with Crippen LogP contribution in [0, 0.1) is 6.92 Å². The van der Waals surface area contributed by atoms with Crippen molar-refractivity contribution < 1.29 is 19.0 Å². The minimum Gasteiger partial charge on any atom is -0.497 e. The Bertz CT molecular complexity index is 1500. The standard InChI is InChI=1S/C30H33N3O5S/c1-6-27(28(34)31-17-20-9-7-19(2)8-10-20)39-30-32-24-16-26(38-5)25(37-4)15-23(24)29(35)33(30)18-21-11-13-22(36-3)14-12-21/h7-16,27H,6,17-18H2,1-5H3,(H,31,34)/t27-/m0/s1. The fraction of sp³-hybridized carbons (Fsp3) is 0.300. The molecule has 204 valence electrons. The number of benzene rings is 3. The molecular weight excluding hydrogens is 514 g/mol. The molecule has 0 aliphatic rings. The number of hydrogen-bond acceptors (Lipinski definition) is 7. The third-order valence-corrected chi connectivity index (χ3v) is 7.78. The zero-order valence-corrected chi connectivity index (χ0v) is 23.6. The Morgan fingerprint density at radius 2 is 1.59 bits per heavy atom. The van der Waals surface area contributed by atoms with E-state index < -0.39 is 5.25 Å². The number of methoxy groups -OCH3 is 3. The summed E-state index contributed by atoms with van der Waals surface area (Å²) < 4.78 is 17.7. The summed E-state index contributed by atoms with van der Waals surface area (Å²) in [5, 5.41) is 3.45. The molecule has 0 saturated heterocycles. The number of thioether (sulfide) groups is 1. The van der Waals surface area contributed by atoms with Crippen LogP contribution in [-0.2, 0) is 17.9 Å². The van der Waals surface area contributed by atoms with E-state index in [1.54, 1.807) is 23.8 Å². The number of fused-ring (bicyclic) bond motifs is 1. The summed E-state index contributed by atoms with van der Waals surface area (Å²) in [5.74, 6) is 1.54. The third kappa shape index (κ3) is 6.54. The summed E-state index contributed by atoms with van der Waals surface area (Å²) in [7, 11) is 4.67. The molecule has 1 atom stereocenters. The second-order valence-corrected chi connectivity index (χ2v) is 10.2. The molecule has 4 aromatic rings. The summed E-state index contributed by atoms with van der Waals surface area (Å²) in [6.45, 7) is 4.69. The van der Waals surface area contributed by atoms with Crippen molar-refractivity contribution in [1.29, 1.82) is 0 Å². The van der Waals surface area contributed by atoms with E-state index in [9.17, 15) is 9.59 Å². The molecule has 0 bridgehead atoms. The minimum absolute atomic E-state index is 0.110. The van der Waals surface area contributed by atoms with Gasteiger partial charge >= 0.3 is 0 Å². The van der Waals surface area contributed by atoms with Crippen LogP contribution >= 0.6 is 11.8 Å². The second-order valence-electron chi connectivity index (χ2n) is 9.08. The summed E-state index contributed by atoms with van der Waals surface area (Å²) >= 11 is 1.28. The molecule has 1 heterocycles. The van der Waals surface area contributed by atoms with Crippen LogP contribution in [0.1, 0.15) is 30.0 Å². The number of nitrogens with zero attached hydrogens (tertiary/aromatic N) is 2. The maximum absolute atomic E-state index is 13.8. The largest absolute Gasteiger partial charge is 0.497 e. The minimum atomic E-state index is -0.443. The zero-order chi connectivity index (χ0) is 27.9. The Morgan fingerprint density at radius 3 is 2.21 bits per heavy atom. The van der Waals surface area contributed by atoms with Gasteiger partial charge in [0.15, 0.2) is 16.7 Å². The number of rotatable bonds is 11. The monoisotopic (exact) mass is 547 g/mol. The lowest BCUT2D eigenvalue weighted by molar-refractivity contribution is -0.120. The number of carbonyl (C=O) groups excluding carboxylic acids is 1. The number of hydrogen-bond donors (Lipinski definition) is 1. The number of aromatic nitrogens is 2. The van der Waals surface area contributed by atoms with Crippen molar-refractivity contribution >= 4 is 28.6 Å². The first-order valence-corrected chi connectivity index (χ1v) is 13.5. The molecule has 0 spiro atoms.